The van der Waals surface area contributed by atoms with Crippen LogP contribution in [-0.2, 0) is 31.4 Å². The molecule has 2 heterocycles. The third-order valence-corrected chi connectivity index (χ3v) is 6.18. The highest BCUT2D eigenvalue weighted by Gasteiger charge is 2.14. The van der Waals surface area contributed by atoms with E-state index in [1.54, 1.807) is 22.6 Å². The summed E-state index contributed by atoms with van der Waals surface area (Å²) in [4.78, 5) is 31.1. The lowest BCUT2D eigenvalue weighted by Crippen LogP contribution is -3.11. The number of carbonyl (C=O) groups is 1. The van der Waals surface area contributed by atoms with Crippen molar-refractivity contribution in [3.05, 3.63) is 75.8 Å². The topological polar surface area (TPSA) is 68.4 Å². The maximum atomic E-state index is 12.5. The Hall–Kier alpha value is -2.99. The Balaban J connectivity index is 1.28. The number of aromatic nitrogens is 2. The minimum atomic E-state index is -0.0764. The van der Waals surface area contributed by atoms with Gasteiger partial charge in [-0.1, -0.05) is 36.4 Å². The van der Waals surface area contributed by atoms with E-state index in [0.717, 1.165) is 12.1 Å². The van der Waals surface area contributed by atoms with Crippen LogP contribution in [-0.4, -0.2) is 28.5 Å². The molecule has 4 rings (SSSR count). The molecular weight excluding hydrogens is 388 g/mol. The van der Waals surface area contributed by atoms with Gasteiger partial charge in [0.1, 0.15) is 12.4 Å². The van der Waals surface area contributed by atoms with Crippen LogP contribution in [0.2, 0.25) is 0 Å². The standard InChI is InChI=1S/C25H30N4O2/c1-28-23(27-22-8-4-3-7-21(22)25(28)31)13-14-24(30)26-17-19-9-11-20(12-10-19)18-29-15-5-2-6-16-29/h3-4,7-12H,2,5-6,13-18H2,1H3,(H,26,30)/p+1. The second-order valence-corrected chi connectivity index (χ2v) is 8.49. The number of hydrogen-bond acceptors (Lipinski definition) is 3. The van der Waals surface area contributed by atoms with Gasteiger partial charge >= 0.3 is 0 Å². The van der Waals surface area contributed by atoms with Crippen molar-refractivity contribution in [2.24, 2.45) is 7.05 Å². The molecule has 162 valence electrons. The first-order chi connectivity index (χ1) is 15.1. The van der Waals surface area contributed by atoms with Crippen molar-refractivity contribution in [1.82, 2.24) is 14.9 Å². The molecule has 0 aliphatic carbocycles. The number of fused-ring (bicyclic) bond motifs is 1. The van der Waals surface area contributed by atoms with Crippen molar-refractivity contribution in [3.8, 4) is 0 Å². The first-order valence-electron chi connectivity index (χ1n) is 11.2. The second kappa shape index (κ2) is 9.88. The molecule has 0 unspecified atom stereocenters. The number of para-hydroxylation sites is 1. The van der Waals surface area contributed by atoms with Crippen LogP contribution in [0.25, 0.3) is 10.9 Å². The van der Waals surface area contributed by atoms with Crippen molar-refractivity contribution < 1.29 is 9.69 Å². The van der Waals surface area contributed by atoms with Crippen molar-refractivity contribution in [1.29, 1.82) is 0 Å². The van der Waals surface area contributed by atoms with Crippen LogP contribution in [0.3, 0.4) is 0 Å². The number of likely N-dealkylation sites (tertiary alicyclic amines) is 1. The third-order valence-electron chi connectivity index (χ3n) is 6.18. The molecule has 1 amide bonds. The molecule has 2 aromatic carbocycles. The number of carbonyl (C=O) groups excluding carboxylic acids is 1. The highest BCUT2D eigenvalue weighted by Crippen LogP contribution is 2.09. The Kier molecular flexibility index (Phi) is 6.77. The van der Waals surface area contributed by atoms with E-state index in [-0.39, 0.29) is 11.5 Å². The average molecular weight is 420 g/mol. The summed E-state index contributed by atoms with van der Waals surface area (Å²) in [6.45, 7) is 4.15. The lowest BCUT2D eigenvalue weighted by molar-refractivity contribution is -0.918. The quantitative estimate of drug-likeness (QED) is 0.613. The van der Waals surface area contributed by atoms with Gasteiger partial charge in [-0.2, -0.15) is 0 Å². The number of hydrogen-bond donors (Lipinski definition) is 2. The van der Waals surface area contributed by atoms with Gasteiger partial charge in [-0.05, 0) is 37.0 Å². The molecule has 0 radical (unpaired) electrons. The van der Waals surface area contributed by atoms with Gasteiger partial charge < -0.3 is 10.2 Å². The van der Waals surface area contributed by atoms with Crippen LogP contribution < -0.4 is 15.8 Å². The number of nitrogens with one attached hydrogen (secondary N) is 2. The molecular formula is C25H31N4O2+. The van der Waals surface area contributed by atoms with E-state index < -0.39 is 0 Å². The van der Waals surface area contributed by atoms with E-state index in [4.69, 9.17) is 0 Å². The second-order valence-electron chi connectivity index (χ2n) is 8.49. The Morgan fingerprint density at radius 2 is 1.74 bits per heavy atom. The van der Waals surface area contributed by atoms with Crippen LogP contribution in [0.1, 0.15) is 42.6 Å². The zero-order chi connectivity index (χ0) is 21.6. The van der Waals surface area contributed by atoms with Crippen LogP contribution in [0.4, 0.5) is 0 Å². The number of rotatable bonds is 7. The molecule has 0 atom stereocenters. The van der Waals surface area contributed by atoms with Gasteiger partial charge in [0, 0.05) is 32.0 Å². The SMILES string of the molecule is Cn1c(CCC(=O)NCc2ccc(C[NH+]3CCCCC3)cc2)nc2ccccc2c1=O. The molecule has 1 aliphatic rings. The van der Waals surface area contributed by atoms with Crippen LogP contribution in [0.15, 0.2) is 53.3 Å². The van der Waals surface area contributed by atoms with Gasteiger partial charge in [0.2, 0.25) is 5.91 Å². The van der Waals surface area contributed by atoms with Crippen molar-refractivity contribution in [2.75, 3.05) is 13.1 Å². The summed E-state index contributed by atoms with van der Waals surface area (Å²) in [6, 6.07) is 15.9. The molecule has 6 nitrogen and oxygen atoms in total. The zero-order valence-corrected chi connectivity index (χ0v) is 18.2. The lowest BCUT2D eigenvalue weighted by atomic mass is 10.1. The number of amides is 1. The summed E-state index contributed by atoms with van der Waals surface area (Å²) in [5, 5.41) is 3.58. The first-order valence-corrected chi connectivity index (χ1v) is 11.2. The van der Waals surface area contributed by atoms with Crippen LogP contribution in [0.5, 0.6) is 0 Å². The summed E-state index contributed by atoms with van der Waals surface area (Å²) < 4.78 is 1.54. The summed E-state index contributed by atoms with van der Waals surface area (Å²) in [6.07, 6.45) is 4.77. The van der Waals surface area contributed by atoms with E-state index in [9.17, 15) is 9.59 Å². The monoisotopic (exact) mass is 419 g/mol. The minimum absolute atomic E-state index is 0.0377. The van der Waals surface area contributed by atoms with Gasteiger partial charge in [0.05, 0.1) is 24.0 Å². The van der Waals surface area contributed by atoms with Crippen molar-refractivity contribution >= 4 is 16.8 Å². The predicted octanol–water partition coefficient (Wildman–Crippen LogP) is 1.75. The third kappa shape index (κ3) is 5.39. The molecule has 1 fully saturated rings. The van der Waals surface area contributed by atoms with Crippen molar-refractivity contribution in [3.63, 3.8) is 0 Å². The molecule has 2 N–H and O–H groups in total. The Bertz CT molecular complexity index is 1100. The number of nitrogens with zero attached hydrogens (tertiary/aromatic N) is 2. The predicted molar refractivity (Wildman–Crippen MR) is 122 cm³/mol. The molecule has 1 aliphatic heterocycles. The average Bonchev–Trinajstić information content (AvgIpc) is 2.81. The molecule has 0 saturated carbocycles. The molecule has 31 heavy (non-hydrogen) atoms. The van der Waals surface area contributed by atoms with E-state index in [2.05, 4.69) is 34.6 Å². The molecule has 3 aromatic rings. The zero-order valence-electron chi connectivity index (χ0n) is 18.2. The fourth-order valence-electron chi connectivity index (χ4n) is 4.29. The summed E-state index contributed by atoms with van der Waals surface area (Å²) >= 11 is 0. The lowest BCUT2D eigenvalue weighted by Gasteiger charge is -2.23. The smallest absolute Gasteiger partial charge is 0.261 e. The Labute approximate surface area is 182 Å². The van der Waals surface area contributed by atoms with E-state index in [0.29, 0.717) is 36.1 Å². The molecule has 0 spiro atoms. The highest BCUT2D eigenvalue weighted by molar-refractivity contribution is 5.78. The molecule has 0 bridgehead atoms. The first kappa shape index (κ1) is 21.2. The van der Waals surface area contributed by atoms with Gasteiger partial charge in [0.15, 0.2) is 0 Å². The fraction of sp³-hybridized carbons (Fsp3) is 0.400. The Morgan fingerprint density at radius 1 is 1.03 bits per heavy atom. The summed E-state index contributed by atoms with van der Waals surface area (Å²) in [7, 11) is 1.71. The van der Waals surface area contributed by atoms with Gasteiger partial charge in [-0.15, -0.1) is 0 Å². The van der Waals surface area contributed by atoms with E-state index >= 15 is 0 Å². The van der Waals surface area contributed by atoms with Crippen molar-refractivity contribution in [2.45, 2.75) is 45.2 Å². The fourth-order valence-corrected chi connectivity index (χ4v) is 4.29. The van der Waals surface area contributed by atoms with Gasteiger partial charge in [0.25, 0.3) is 5.56 Å². The largest absolute Gasteiger partial charge is 0.352 e. The van der Waals surface area contributed by atoms with Crippen LogP contribution >= 0.6 is 0 Å². The van der Waals surface area contributed by atoms with Crippen LogP contribution in [0, 0.1) is 0 Å². The highest BCUT2D eigenvalue weighted by atomic mass is 16.1. The number of benzene rings is 2. The van der Waals surface area contributed by atoms with Gasteiger partial charge in [-0.25, -0.2) is 4.98 Å². The normalized spacial score (nSPS) is 14.6. The molecule has 1 aromatic heterocycles. The number of quaternary nitrogens is 1. The summed E-state index contributed by atoms with van der Waals surface area (Å²) in [5.41, 5.74) is 3.05. The van der Waals surface area contributed by atoms with E-state index in [1.807, 2.05) is 18.2 Å². The maximum Gasteiger partial charge on any atom is 0.261 e. The van der Waals surface area contributed by atoms with E-state index in [1.165, 1.54) is 37.9 Å². The Morgan fingerprint density at radius 3 is 2.52 bits per heavy atom. The molecule has 6 heteroatoms. The molecule has 1 saturated heterocycles. The van der Waals surface area contributed by atoms with Gasteiger partial charge in [-0.3, -0.25) is 14.2 Å². The number of piperidine rings is 1. The maximum absolute atomic E-state index is 12.5. The number of aryl methyl sites for hydroxylation is 1. The minimum Gasteiger partial charge on any atom is -0.352 e. The summed E-state index contributed by atoms with van der Waals surface area (Å²) in [5.74, 6) is 0.590.